The molecule has 0 aliphatic rings. The molecule has 0 N–H and O–H groups in total. The normalized spacial score (nSPS) is 12.0. The SMILES string of the molecule is c1cc(-c2c3ccccc3c(-c3cc4c5ccccc5c5ccccc5c4c4ccccc34)c3ccccc23)cc(-c2cccc3c2oc2ccccc23)c1. The van der Waals surface area contributed by atoms with Gasteiger partial charge in [-0.3, -0.25) is 0 Å². The third-order valence-corrected chi connectivity index (χ3v) is 11.8. The number of benzene rings is 11. The molecule has 0 atom stereocenters. The van der Waals surface area contributed by atoms with Crippen LogP contribution in [0.1, 0.15) is 0 Å². The van der Waals surface area contributed by atoms with Gasteiger partial charge in [0, 0.05) is 16.3 Å². The highest BCUT2D eigenvalue weighted by Crippen LogP contribution is 2.49. The Bertz CT molecular complexity index is 3490. The molecule has 0 fully saturated rings. The Morgan fingerprint density at radius 2 is 0.709 bits per heavy atom. The fourth-order valence-electron chi connectivity index (χ4n) is 9.52. The standard InChI is InChI=1S/C54H32O/c1-2-19-38-36(17-1)37-18-3-5-22-41(37)52-42-23-6-4-20-39(42)49(32-48(38)52)53-45-26-9-7-24-43(45)51(44-25-8-10-27-46(44)53)34-16-13-15-33(31-34)35-28-14-29-47-40-21-11-12-30-50(40)55-54(35)47/h1-32H. The second kappa shape index (κ2) is 11.6. The van der Waals surface area contributed by atoms with Crippen LogP contribution in [0.25, 0.3) is 120 Å². The quantitative estimate of drug-likeness (QED) is 0.132. The summed E-state index contributed by atoms with van der Waals surface area (Å²) in [5.41, 5.74) is 9.04. The van der Waals surface area contributed by atoms with Gasteiger partial charge in [-0.2, -0.15) is 0 Å². The van der Waals surface area contributed by atoms with E-state index in [4.69, 9.17) is 4.42 Å². The lowest BCUT2D eigenvalue weighted by Crippen LogP contribution is -1.93. The van der Waals surface area contributed by atoms with Crippen LogP contribution in [0.2, 0.25) is 0 Å². The highest BCUT2D eigenvalue weighted by atomic mass is 16.3. The van der Waals surface area contributed by atoms with Gasteiger partial charge in [0.1, 0.15) is 11.2 Å². The Morgan fingerprint density at radius 1 is 0.255 bits per heavy atom. The van der Waals surface area contributed by atoms with Crippen molar-refractivity contribution in [2.24, 2.45) is 0 Å². The molecule has 0 aliphatic carbocycles. The summed E-state index contributed by atoms with van der Waals surface area (Å²) < 4.78 is 6.50. The lowest BCUT2D eigenvalue weighted by molar-refractivity contribution is 0.670. The van der Waals surface area contributed by atoms with Gasteiger partial charge in [-0.05, 0) is 111 Å². The maximum Gasteiger partial charge on any atom is 0.143 e. The van der Waals surface area contributed by atoms with Crippen molar-refractivity contribution in [2.45, 2.75) is 0 Å². The van der Waals surface area contributed by atoms with Crippen LogP contribution in [0, 0.1) is 0 Å². The van der Waals surface area contributed by atoms with E-state index < -0.39 is 0 Å². The van der Waals surface area contributed by atoms with Crippen molar-refractivity contribution in [3.63, 3.8) is 0 Å². The monoisotopic (exact) mass is 696 g/mol. The number of rotatable bonds is 3. The van der Waals surface area contributed by atoms with Crippen molar-refractivity contribution >= 4 is 86.6 Å². The van der Waals surface area contributed by atoms with Crippen LogP contribution in [0.4, 0.5) is 0 Å². The van der Waals surface area contributed by atoms with E-state index in [1.54, 1.807) is 0 Å². The Balaban J connectivity index is 1.17. The van der Waals surface area contributed by atoms with Crippen molar-refractivity contribution < 1.29 is 4.42 Å². The molecule has 254 valence electrons. The largest absolute Gasteiger partial charge is 0.455 e. The fraction of sp³-hybridized carbons (Fsp3) is 0. The van der Waals surface area contributed by atoms with Gasteiger partial charge in [0.2, 0.25) is 0 Å². The molecule has 0 bridgehead atoms. The zero-order valence-electron chi connectivity index (χ0n) is 29.9. The molecular weight excluding hydrogens is 665 g/mol. The van der Waals surface area contributed by atoms with Crippen LogP contribution in [-0.2, 0) is 0 Å². The maximum atomic E-state index is 6.50. The first-order chi connectivity index (χ1) is 27.3. The summed E-state index contributed by atoms with van der Waals surface area (Å²) in [5.74, 6) is 0. The third-order valence-electron chi connectivity index (χ3n) is 11.8. The molecule has 0 amide bonds. The average Bonchev–Trinajstić information content (AvgIpc) is 3.64. The highest BCUT2D eigenvalue weighted by molar-refractivity contribution is 6.34. The summed E-state index contributed by atoms with van der Waals surface area (Å²) in [5, 5.41) is 17.6. The molecule has 0 aliphatic heterocycles. The van der Waals surface area contributed by atoms with Gasteiger partial charge in [0.15, 0.2) is 0 Å². The van der Waals surface area contributed by atoms with Crippen LogP contribution in [0.3, 0.4) is 0 Å². The fourth-order valence-corrected chi connectivity index (χ4v) is 9.52. The first kappa shape index (κ1) is 30.3. The second-order valence-corrected chi connectivity index (χ2v) is 14.7. The molecule has 11 aromatic carbocycles. The van der Waals surface area contributed by atoms with Crippen LogP contribution in [0.5, 0.6) is 0 Å². The number of para-hydroxylation sites is 2. The van der Waals surface area contributed by atoms with Crippen molar-refractivity contribution in [1.29, 1.82) is 0 Å². The lowest BCUT2D eigenvalue weighted by Gasteiger charge is -2.21. The van der Waals surface area contributed by atoms with Crippen molar-refractivity contribution in [3.05, 3.63) is 194 Å². The summed E-state index contributed by atoms with van der Waals surface area (Å²) in [7, 11) is 0. The van der Waals surface area contributed by atoms with Gasteiger partial charge in [0.05, 0.1) is 0 Å². The minimum absolute atomic E-state index is 0.913. The van der Waals surface area contributed by atoms with Crippen molar-refractivity contribution in [2.75, 3.05) is 0 Å². The van der Waals surface area contributed by atoms with Crippen LogP contribution < -0.4 is 0 Å². The van der Waals surface area contributed by atoms with Gasteiger partial charge in [-0.1, -0.05) is 176 Å². The average molecular weight is 697 g/mol. The summed E-state index contributed by atoms with van der Waals surface area (Å²) in [4.78, 5) is 0. The highest BCUT2D eigenvalue weighted by Gasteiger charge is 2.21. The van der Waals surface area contributed by atoms with E-state index in [1.165, 1.54) is 86.9 Å². The van der Waals surface area contributed by atoms with Gasteiger partial charge in [-0.25, -0.2) is 0 Å². The van der Waals surface area contributed by atoms with Crippen LogP contribution in [-0.4, -0.2) is 0 Å². The first-order valence-corrected chi connectivity index (χ1v) is 19.0. The van der Waals surface area contributed by atoms with E-state index in [0.717, 1.165) is 33.1 Å². The Kier molecular flexibility index (Phi) is 6.40. The van der Waals surface area contributed by atoms with E-state index in [2.05, 4.69) is 188 Å². The van der Waals surface area contributed by atoms with Gasteiger partial charge in [0.25, 0.3) is 0 Å². The molecule has 12 rings (SSSR count). The molecular formula is C54H32O. The van der Waals surface area contributed by atoms with E-state index >= 15 is 0 Å². The molecule has 0 spiro atoms. The third kappa shape index (κ3) is 4.35. The lowest BCUT2D eigenvalue weighted by atomic mass is 9.82. The number of fused-ring (bicyclic) bond motifs is 13. The molecule has 55 heavy (non-hydrogen) atoms. The van der Waals surface area contributed by atoms with E-state index in [0.29, 0.717) is 0 Å². The molecule has 0 saturated heterocycles. The van der Waals surface area contributed by atoms with Gasteiger partial charge < -0.3 is 4.42 Å². The van der Waals surface area contributed by atoms with Crippen LogP contribution in [0.15, 0.2) is 199 Å². The predicted molar refractivity (Wildman–Crippen MR) is 235 cm³/mol. The summed E-state index contributed by atoms with van der Waals surface area (Å²) in [6, 6.07) is 71.1. The molecule has 1 nitrogen and oxygen atoms in total. The number of hydrogen-bond donors (Lipinski definition) is 0. The minimum atomic E-state index is 0.913. The molecule has 0 unspecified atom stereocenters. The number of hydrogen-bond acceptors (Lipinski definition) is 1. The van der Waals surface area contributed by atoms with E-state index in [-0.39, 0.29) is 0 Å². The second-order valence-electron chi connectivity index (χ2n) is 14.7. The smallest absolute Gasteiger partial charge is 0.143 e. The molecule has 1 heteroatoms. The minimum Gasteiger partial charge on any atom is -0.455 e. The molecule has 1 heterocycles. The topological polar surface area (TPSA) is 13.1 Å². The summed E-state index contributed by atoms with van der Waals surface area (Å²) in [6.07, 6.45) is 0. The Hall–Kier alpha value is -7.22. The summed E-state index contributed by atoms with van der Waals surface area (Å²) >= 11 is 0. The predicted octanol–water partition coefficient (Wildman–Crippen LogP) is 15.5. The molecule has 12 aromatic rings. The molecule has 0 radical (unpaired) electrons. The van der Waals surface area contributed by atoms with Crippen molar-refractivity contribution in [1.82, 2.24) is 0 Å². The van der Waals surface area contributed by atoms with Crippen molar-refractivity contribution in [3.8, 4) is 33.4 Å². The Morgan fingerprint density at radius 3 is 1.38 bits per heavy atom. The van der Waals surface area contributed by atoms with Gasteiger partial charge >= 0.3 is 0 Å². The molecule has 1 aromatic heterocycles. The first-order valence-electron chi connectivity index (χ1n) is 19.0. The van der Waals surface area contributed by atoms with Gasteiger partial charge in [-0.15, -0.1) is 0 Å². The maximum absolute atomic E-state index is 6.50. The van der Waals surface area contributed by atoms with E-state index in [9.17, 15) is 0 Å². The summed E-state index contributed by atoms with van der Waals surface area (Å²) in [6.45, 7) is 0. The Labute approximate surface area is 317 Å². The van der Waals surface area contributed by atoms with Crippen LogP contribution >= 0.6 is 0 Å². The zero-order chi connectivity index (χ0) is 36.0. The molecule has 0 saturated carbocycles. The zero-order valence-corrected chi connectivity index (χ0v) is 29.9. The number of furan rings is 1. The van der Waals surface area contributed by atoms with E-state index in [1.807, 2.05) is 6.07 Å².